The summed E-state index contributed by atoms with van der Waals surface area (Å²) in [6.45, 7) is 0. The fraction of sp³-hybridized carbons (Fsp3) is 0.500. The number of ether oxygens (including phenoxy) is 2. The maximum atomic E-state index is 12.1. The molecule has 1 aliphatic heterocycles. The molecule has 1 fully saturated rings. The van der Waals surface area contributed by atoms with Gasteiger partial charge in [-0.15, -0.1) is 0 Å². The van der Waals surface area contributed by atoms with Crippen LogP contribution in [0.2, 0.25) is 0 Å². The molecule has 1 aromatic rings. The molecule has 5 heteroatoms. The van der Waals surface area contributed by atoms with Crippen molar-refractivity contribution in [3.05, 3.63) is 35.9 Å². The molecule has 0 aliphatic carbocycles. The summed E-state index contributed by atoms with van der Waals surface area (Å²) in [6, 6.07) is 9.12. The zero-order chi connectivity index (χ0) is 13.5. The van der Waals surface area contributed by atoms with Crippen LogP contribution in [0.4, 0.5) is 0 Å². The molecule has 1 aromatic carbocycles. The second-order valence-corrected chi connectivity index (χ2v) is 6.96. The average Bonchev–Trinajstić information content (AvgIpc) is 2.43. The van der Waals surface area contributed by atoms with Gasteiger partial charge in [-0.3, -0.25) is 0 Å². The maximum Gasteiger partial charge on any atom is 0.338 e. The summed E-state index contributed by atoms with van der Waals surface area (Å²) in [6.07, 6.45) is 1.74. The average molecular weight is 298 g/mol. The first-order valence-electron chi connectivity index (χ1n) is 6.34. The topological polar surface area (TPSA) is 35.5 Å². The quantitative estimate of drug-likeness (QED) is 0.631. The van der Waals surface area contributed by atoms with Crippen molar-refractivity contribution < 1.29 is 14.3 Å². The molecule has 2 rings (SSSR count). The molecular formula is C14H18O3S2. The summed E-state index contributed by atoms with van der Waals surface area (Å²) in [5.74, 6) is 1.69. The van der Waals surface area contributed by atoms with Crippen LogP contribution in [0, 0.1) is 0 Å². The molecule has 104 valence electrons. The lowest BCUT2D eigenvalue weighted by atomic mass is 10.1. The molecule has 0 N–H and O–H groups in total. The molecule has 2 unspecified atom stereocenters. The highest BCUT2D eigenvalue weighted by Crippen LogP contribution is 2.30. The number of hydrogen-bond donors (Lipinski definition) is 0. The first-order valence-corrected chi connectivity index (χ1v) is 8.83. The van der Waals surface area contributed by atoms with Gasteiger partial charge in [-0.05, 0) is 25.0 Å². The molecule has 3 nitrogen and oxygen atoms in total. The van der Waals surface area contributed by atoms with E-state index in [0.29, 0.717) is 5.56 Å². The van der Waals surface area contributed by atoms with Gasteiger partial charge in [0.1, 0.15) is 12.2 Å². The number of benzene rings is 1. The summed E-state index contributed by atoms with van der Waals surface area (Å²) in [4.78, 5) is 12.1. The van der Waals surface area contributed by atoms with Crippen LogP contribution >= 0.6 is 21.6 Å². The highest BCUT2D eigenvalue weighted by atomic mass is 33.1. The molecule has 1 heterocycles. The van der Waals surface area contributed by atoms with E-state index < -0.39 is 0 Å². The largest absolute Gasteiger partial charge is 0.456 e. The van der Waals surface area contributed by atoms with Crippen molar-refractivity contribution in [2.24, 2.45) is 0 Å². The van der Waals surface area contributed by atoms with Crippen LogP contribution in [0.15, 0.2) is 30.3 Å². The SMILES string of the molecule is COC1CSSCCCC1OC(=O)c1ccccc1. The van der Waals surface area contributed by atoms with Crippen molar-refractivity contribution in [2.45, 2.75) is 25.0 Å². The van der Waals surface area contributed by atoms with E-state index in [4.69, 9.17) is 9.47 Å². The molecule has 0 spiro atoms. The Kier molecular flexibility index (Phi) is 6.07. The molecular weight excluding hydrogens is 280 g/mol. The Balaban J connectivity index is 2.00. The Morgan fingerprint density at radius 3 is 2.74 bits per heavy atom. The van der Waals surface area contributed by atoms with E-state index in [0.717, 1.165) is 24.3 Å². The molecule has 0 radical (unpaired) electrons. The van der Waals surface area contributed by atoms with Gasteiger partial charge in [-0.25, -0.2) is 4.79 Å². The molecule has 2 atom stereocenters. The van der Waals surface area contributed by atoms with Crippen LogP contribution in [0.1, 0.15) is 23.2 Å². The van der Waals surface area contributed by atoms with Gasteiger partial charge in [0.2, 0.25) is 0 Å². The highest BCUT2D eigenvalue weighted by Gasteiger charge is 2.27. The number of esters is 1. The number of carbonyl (C=O) groups is 1. The Morgan fingerprint density at radius 1 is 1.21 bits per heavy atom. The van der Waals surface area contributed by atoms with Gasteiger partial charge in [0.25, 0.3) is 0 Å². The van der Waals surface area contributed by atoms with Gasteiger partial charge >= 0.3 is 5.97 Å². The molecule has 19 heavy (non-hydrogen) atoms. The van der Waals surface area contributed by atoms with Crippen LogP contribution in [0.5, 0.6) is 0 Å². The normalized spacial score (nSPS) is 24.3. The lowest BCUT2D eigenvalue weighted by Gasteiger charge is -2.27. The number of carbonyl (C=O) groups excluding carboxylic acids is 1. The minimum atomic E-state index is -0.258. The van der Waals surface area contributed by atoms with Crippen molar-refractivity contribution in [3.8, 4) is 0 Å². The van der Waals surface area contributed by atoms with Crippen LogP contribution in [0.25, 0.3) is 0 Å². The fourth-order valence-corrected chi connectivity index (χ4v) is 4.33. The van der Waals surface area contributed by atoms with Crippen LogP contribution in [0.3, 0.4) is 0 Å². The van der Waals surface area contributed by atoms with Gasteiger partial charge in [0.05, 0.1) is 5.56 Å². The molecule has 1 saturated heterocycles. The summed E-state index contributed by atoms with van der Waals surface area (Å²) in [5.41, 5.74) is 0.599. The van der Waals surface area contributed by atoms with Crippen molar-refractivity contribution in [1.82, 2.24) is 0 Å². The maximum absolute atomic E-state index is 12.1. The zero-order valence-electron chi connectivity index (χ0n) is 10.9. The van der Waals surface area contributed by atoms with Crippen LogP contribution in [-0.4, -0.2) is 36.8 Å². The summed E-state index contributed by atoms with van der Waals surface area (Å²) in [5, 5.41) is 0. The van der Waals surface area contributed by atoms with Crippen molar-refractivity contribution >= 4 is 27.6 Å². The third-order valence-corrected chi connectivity index (χ3v) is 5.51. The standard InChI is InChI=1S/C14H18O3S2/c1-16-13-10-19-18-9-5-8-12(13)17-14(15)11-6-3-2-4-7-11/h2-4,6-7,12-13H,5,8-10H2,1H3. The smallest absolute Gasteiger partial charge is 0.338 e. The molecule has 0 aromatic heterocycles. The van der Waals surface area contributed by atoms with Crippen LogP contribution < -0.4 is 0 Å². The Hall–Kier alpha value is -0.650. The van der Waals surface area contributed by atoms with E-state index in [1.165, 1.54) is 0 Å². The van der Waals surface area contributed by atoms with Crippen molar-refractivity contribution in [2.75, 3.05) is 18.6 Å². The van der Waals surface area contributed by atoms with Gasteiger partial charge in [-0.1, -0.05) is 39.8 Å². The first kappa shape index (κ1) is 14.8. The Morgan fingerprint density at radius 2 is 2.00 bits per heavy atom. The Bertz CT molecular complexity index is 397. The molecule has 0 bridgehead atoms. The first-order chi connectivity index (χ1) is 9.31. The predicted octanol–water partition coefficient (Wildman–Crippen LogP) is 3.40. The molecule has 1 aliphatic rings. The fourth-order valence-electron chi connectivity index (χ4n) is 1.95. The van der Waals surface area contributed by atoms with Gasteiger partial charge < -0.3 is 9.47 Å². The van der Waals surface area contributed by atoms with Gasteiger partial charge in [0.15, 0.2) is 0 Å². The minimum absolute atomic E-state index is 0.0227. The van der Waals surface area contributed by atoms with E-state index in [1.54, 1.807) is 30.0 Å². The van der Waals surface area contributed by atoms with E-state index in [1.807, 2.05) is 29.0 Å². The summed E-state index contributed by atoms with van der Waals surface area (Å²) >= 11 is 0. The second kappa shape index (κ2) is 7.82. The van der Waals surface area contributed by atoms with Crippen molar-refractivity contribution in [1.29, 1.82) is 0 Å². The van der Waals surface area contributed by atoms with E-state index >= 15 is 0 Å². The summed E-state index contributed by atoms with van der Waals surface area (Å²) < 4.78 is 11.1. The third kappa shape index (κ3) is 4.44. The van der Waals surface area contributed by atoms with Gasteiger partial charge in [-0.2, -0.15) is 0 Å². The van der Waals surface area contributed by atoms with Crippen molar-refractivity contribution in [3.63, 3.8) is 0 Å². The minimum Gasteiger partial charge on any atom is -0.456 e. The van der Waals surface area contributed by atoms with E-state index in [2.05, 4.69) is 0 Å². The van der Waals surface area contributed by atoms with Gasteiger partial charge in [0, 0.05) is 18.6 Å². The predicted molar refractivity (Wildman–Crippen MR) is 80.6 cm³/mol. The Labute approximate surface area is 121 Å². The zero-order valence-corrected chi connectivity index (χ0v) is 12.5. The number of rotatable bonds is 3. The number of hydrogen-bond acceptors (Lipinski definition) is 5. The number of methoxy groups -OCH3 is 1. The lowest BCUT2D eigenvalue weighted by molar-refractivity contribution is -0.0295. The van der Waals surface area contributed by atoms with Crippen LogP contribution in [-0.2, 0) is 9.47 Å². The highest BCUT2D eigenvalue weighted by molar-refractivity contribution is 8.76. The molecule has 0 amide bonds. The molecule has 0 saturated carbocycles. The lowest BCUT2D eigenvalue weighted by Crippen LogP contribution is -2.35. The third-order valence-electron chi connectivity index (χ3n) is 3.02. The monoisotopic (exact) mass is 298 g/mol. The van der Waals surface area contributed by atoms with E-state index in [-0.39, 0.29) is 18.2 Å². The second-order valence-electron chi connectivity index (χ2n) is 4.33. The van der Waals surface area contributed by atoms with E-state index in [9.17, 15) is 4.79 Å². The summed E-state index contributed by atoms with van der Waals surface area (Å²) in [7, 11) is 5.33.